The molecule has 2 unspecified atom stereocenters. The molecule has 0 bridgehead atoms. The number of likely N-dealkylation sites (N-methyl/N-ethyl adjacent to an activating group) is 1. The summed E-state index contributed by atoms with van der Waals surface area (Å²) in [5.41, 5.74) is 0. The standard InChI is InChI=1S/C43H77NO7/c1-6-8-10-12-14-16-18-20-22-23-25-27-29-31-33-41(45)50-38-39(37-49-36-35-40(43(47)48)44(3,4)5)51-42(46)34-32-30-28-26-24-21-19-17-15-13-11-9-7-2/h8,10,14,16,21,24,39-40H,6-7,9,11-13,15,17-20,22-23,25-38H2,1-5H3/p+1/b10-8+,16-14+,24-21+. The summed E-state index contributed by atoms with van der Waals surface area (Å²) in [6, 6.07) is -0.616. The van der Waals surface area contributed by atoms with Crippen LogP contribution in [-0.2, 0) is 28.6 Å². The van der Waals surface area contributed by atoms with Gasteiger partial charge in [-0.3, -0.25) is 9.59 Å². The lowest BCUT2D eigenvalue weighted by Crippen LogP contribution is -2.50. The predicted octanol–water partition coefficient (Wildman–Crippen LogP) is 10.7. The maximum atomic E-state index is 12.7. The first kappa shape index (κ1) is 48.5. The fraction of sp³-hybridized carbons (Fsp3) is 0.791. The van der Waals surface area contributed by atoms with Crippen molar-refractivity contribution in [3.8, 4) is 0 Å². The van der Waals surface area contributed by atoms with Crippen LogP contribution in [0.3, 0.4) is 0 Å². The van der Waals surface area contributed by atoms with Gasteiger partial charge in [0.05, 0.1) is 34.4 Å². The minimum absolute atomic E-state index is 0.0532. The molecular weight excluding hydrogens is 642 g/mol. The lowest BCUT2D eigenvalue weighted by molar-refractivity contribution is -0.887. The lowest BCUT2D eigenvalue weighted by Gasteiger charge is -2.31. The third kappa shape index (κ3) is 33.2. The number of hydrogen-bond acceptors (Lipinski definition) is 6. The van der Waals surface area contributed by atoms with Gasteiger partial charge in [-0.1, -0.05) is 121 Å². The average Bonchev–Trinajstić information content (AvgIpc) is 3.08. The number of carboxylic acids is 1. The maximum Gasteiger partial charge on any atom is 0.362 e. The molecule has 8 heteroatoms. The Kier molecular flexibility index (Phi) is 33.0. The number of hydrogen-bond donors (Lipinski definition) is 1. The van der Waals surface area contributed by atoms with Crippen LogP contribution in [-0.4, -0.2) is 80.6 Å². The summed E-state index contributed by atoms with van der Waals surface area (Å²) in [6.07, 6.45) is 37.5. The summed E-state index contributed by atoms with van der Waals surface area (Å²) >= 11 is 0. The molecule has 0 amide bonds. The fourth-order valence-electron chi connectivity index (χ4n) is 5.83. The van der Waals surface area contributed by atoms with Crippen LogP contribution >= 0.6 is 0 Å². The Balaban J connectivity index is 4.41. The molecule has 8 nitrogen and oxygen atoms in total. The van der Waals surface area contributed by atoms with Crippen molar-refractivity contribution in [2.24, 2.45) is 0 Å². The molecule has 0 aliphatic rings. The van der Waals surface area contributed by atoms with E-state index in [0.717, 1.165) is 70.6 Å². The molecule has 0 saturated heterocycles. The Labute approximate surface area is 313 Å². The maximum absolute atomic E-state index is 12.7. The second-order valence-electron chi connectivity index (χ2n) is 14.9. The Morgan fingerprint density at radius 2 is 1.10 bits per heavy atom. The molecule has 0 rings (SSSR count). The molecule has 1 N–H and O–H groups in total. The Hall–Kier alpha value is -2.45. The molecule has 0 aromatic heterocycles. The van der Waals surface area contributed by atoms with Crippen LogP contribution in [0.5, 0.6) is 0 Å². The first-order valence-electron chi connectivity index (χ1n) is 20.5. The minimum Gasteiger partial charge on any atom is -0.477 e. The average molecular weight is 721 g/mol. The number of ether oxygens (including phenoxy) is 3. The quantitative estimate of drug-likeness (QED) is 0.0298. The molecule has 0 aromatic rings. The van der Waals surface area contributed by atoms with Crippen LogP contribution < -0.4 is 0 Å². The molecule has 51 heavy (non-hydrogen) atoms. The Morgan fingerprint density at radius 3 is 1.65 bits per heavy atom. The van der Waals surface area contributed by atoms with Gasteiger partial charge in [0.1, 0.15) is 6.61 Å². The highest BCUT2D eigenvalue weighted by atomic mass is 16.6. The van der Waals surface area contributed by atoms with Gasteiger partial charge >= 0.3 is 17.9 Å². The normalized spacial score (nSPS) is 13.4. The summed E-state index contributed by atoms with van der Waals surface area (Å²) in [5.74, 6) is -1.50. The highest BCUT2D eigenvalue weighted by Crippen LogP contribution is 2.13. The molecule has 0 saturated carbocycles. The van der Waals surface area contributed by atoms with E-state index in [1.807, 2.05) is 21.1 Å². The number of carbonyl (C=O) groups excluding carboxylic acids is 2. The summed E-state index contributed by atoms with van der Waals surface area (Å²) < 4.78 is 17.2. The number of allylic oxidation sites excluding steroid dienone is 6. The smallest absolute Gasteiger partial charge is 0.362 e. The van der Waals surface area contributed by atoms with Gasteiger partial charge in [-0.2, -0.15) is 0 Å². The van der Waals surface area contributed by atoms with Crippen molar-refractivity contribution in [2.45, 2.75) is 180 Å². The van der Waals surface area contributed by atoms with Crippen molar-refractivity contribution in [1.82, 2.24) is 0 Å². The van der Waals surface area contributed by atoms with E-state index < -0.39 is 18.1 Å². The van der Waals surface area contributed by atoms with Crippen molar-refractivity contribution < 1.29 is 38.2 Å². The highest BCUT2D eigenvalue weighted by molar-refractivity contribution is 5.72. The van der Waals surface area contributed by atoms with Crippen molar-refractivity contribution >= 4 is 17.9 Å². The van der Waals surface area contributed by atoms with Gasteiger partial charge in [0.2, 0.25) is 0 Å². The second-order valence-corrected chi connectivity index (χ2v) is 14.9. The van der Waals surface area contributed by atoms with Crippen molar-refractivity contribution in [2.75, 3.05) is 41.0 Å². The van der Waals surface area contributed by atoms with Crippen LogP contribution in [0.2, 0.25) is 0 Å². The first-order valence-corrected chi connectivity index (χ1v) is 20.5. The number of rotatable bonds is 36. The van der Waals surface area contributed by atoms with E-state index in [1.165, 1.54) is 64.2 Å². The molecule has 0 radical (unpaired) electrons. The third-order valence-corrected chi connectivity index (χ3v) is 9.02. The number of carboxylic acid groups (broad SMARTS) is 1. The van der Waals surface area contributed by atoms with Gasteiger partial charge < -0.3 is 23.8 Å². The number of esters is 2. The summed E-state index contributed by atoms with van der Waals surface area (Å²) in [4.78, 5) is 36.8. The summed E-state index contributed by atoms with van der Waals surface area (Å²) in [7, 11) is 5.51. The summed E-state index contributed by atoms with van der Waals surface area (Å²) in [6.45, 7) is 4.59. The van der Waals surface area contributed by atoms with E-state index in [9.17, 15) is 19.5 Å². The van der Waals surface area contributed by atoms with Gasteiger partial charge in [0.25, 0.3) is 0 Å². The van der Waals surface area contributed by atoms with Gasteiger partial charge in [-0.25, -0.2) is 4.79 Å². The van der Waals surface area contributed by atoms with Gasteiger partial charge in [0.15, 0.2) is 12.1 Å². The van der Waals surface area contributed by atoms with Crippen LogP contribution in [0.4, 0.5) is 0 Å². The van der Waals surface area contributed by atoms with Gasteiger partial charge in [-0.15, -0.1) is 0 Å². The van der Waals surface area contributed by atoms with E-state index in [0.29, 0.717) is 19.3 Å². The van der Waals surface area contributed by atoms with E-state index in [2.05, 4.69) is 50.3 Å². The Bertz CT molecular complexity index is 937. The van der Waals surface area contributed by atoms with Crippen LogP contribution in [0.1, 0.15) is 168 Å². The predicted molar refractivity (Wildman–Crippen MR) is 211 cm³/mol. The zero-order valence-electron chi connectivity index (χ0n) is 33.6. The summed E-state index contributed by atoms with van der Waals surface area (Å²) in [5, 5.41) is 9.59. The van der Waals surface area contributed by atoms with E-state index >= 15 is 0 Å². The lowest BCUT2D eigenvalue weighted by atomic mass is 10.1. The first-order chi connectivity index (χ1) is 24.6. The van der Waals surface area contributed by atoms with Gasteiger partial charge in [0, 0.05) is 19.3 Å². The van der Waals surface area contributed by atoms with Crippen LogP contribution in [0.15, 0.2) is 36.5 Å². The molecule has 0 spiro atoms. The van der Waals surface area contributed by atoms with Gasteiger partial charge in [-0.05, 0) is 64.2 Å². The highest BCUT2D eigenvalue weighted by Gasteiger charge is 2.31. The topological polar surface area (TPSA) is 99.1 Å². The SMILES string of the molecule is CC/C=C/C/C=C/CCCCCCCCCC(=O)OCC(COCCC(C(=O)O)[N+](C)(C)C)OC(=O)CCCCC/C=C/CCCCCCCC. The number of nitrogens with zero attached hydrogens (tertiary/aromatic N) is 1. The van der Waals surface area contributed by atoms with E-state index in [-0.39, 0.29) is 36.2 Å². The van der Waals surface area contributed by atoms with Crippen LogP contribution in [0.25, 0.3) is 0 Å². The zero-order valence-corrected chi connectivity index (χ0v) is 33.6. The minimum atomic E-state index is -0.879. The van der Waals surface area contributed by atoms with Crippen LogP contribution in [0, 0.1) is 0 Å². The molecule has 0 fully saturated rings. The van der Waals surface area contributed by atoms with Crippen molar-refractivity contribution in [3.05, 3.63) is 36.5 Å². The number of carbonyl (C=O) groups is 3. The third-order valence-electron chi connectivity index (χ3n) is 9.02. The molecule has 0 aliphatic heterocycles. The second kappa shape index (κ2) is 34.6. The number of aliphatic carboxylic acids is 1. The molecule has 2 atom stereocenters. The molecular formula is C43H78NO7+. The number of unbranched alkanes of at least 4 members (excludes halogenated alkanes) is 16. The molecule has 0 aromatic carbocycles. The molecule has 296 valence electrons. The fourth-order valence-corrected chi connectivity index (χ4v) is 5.83. The molecule has 0 aliphatic carbocycles. The van der Waals surface area contributed by atoms with Crippen molar-refractivity contribution in [3.63, 3.8) is 0 Å². The van der Waals surface area contributed by atoms with Crippen molar-refractivity contribution in [1.29, 1.82) is 0 Å². The Morgan fingerprint density at radius 1 is 0.608 bits per heavy atom. The molecule has 0 heterocycles. The largest absolute Gasteiger partial charge is 0.477 e. The van der Waals surface area contributed by atoms with E-state index in [1.54, 1.807) is 0 Å². The zero-order chi connectivity index (χ0) is 37.8. The number of quaternary nitrogens is 1. The van der Waals surface area contributed by atoms with E-state index in [4.69, 9.17) is 14.2 Å². The monoisotopic (exact) mass is 721 g/mol.